The Morgan fingerprint density at radius 2 is 2.33 bits per heavy atom. The van der Waals surface area contributed by atoms with Gasteiger partial charge in [-0.15, -0.1) is 0 Å². The van der Waals surface area contributed by atoms with Crippen molar-refractivity contribution in [2.24, 2.45) is 12.8 Å². The highest BCUT2D eigenvalue weighted by molar-refractivity contribution is 5.11. The maximum Gasteiger partial charge on any atom is 0.0624 e. The van der Waals surface area contributed by atoms with Crippen LogP contribution < -0.4 is 5.73 Å². The Kier molecular flexibility index (Phi) is 2.87. The monoisotopic (exact) mass is 167 g/mol. The molecule has 3 nitrogen and oxygen atoms in total. The zero-order valence-corrected chi connectivity index (χ0v) is 8.04. The van der Waals surface area contributed by atoms with Crippen molar-refractivity contribution in [3.63, 3.8) is 0 Å². The molecule has 1 atom stereocenters. The van der Waals surface area contributed by atoms with Crippen LogP contribution in [-0.2, 0) is 19.9 Å². The summed E-state index contributed by atoms with van der Waals surface area (Å²) in [7, 11) is 1.97. The molecule has 0 saturated heterocycles. The summed E-state index contributed by atoms with van der Waals surface area (Å²) < 4.78 is 1.92. The lowest BCUT2D eigenvalue weighted by Gasteiger charge is -2.03. The van der Waals surface area contributed by atoms with Crippen LogP contribution in [0.15, 0.2) is 6.07 Å². The number of aryl methyl sites for hydroxylation is 2. The highest BCUT2D eigenvalue weighted by Crippen LogP contribution is 2.05. The molecule has 68 valence electrons. The van der Waals surface area contributed by atoms with Gasteiger partial charge in [0.05, 0.1) is 5.69 Å². The first-order chi connectivity index (χ1) is 5.63. The molecule has 0 saturated carbocycles. The zero-order chi connectivity index (χ0) is 9.14. The Labute approximate surface area is 73.6 Å². The summed E-state index contributed by atoms with van der Waals surface area (Å²) in [4.78, 5) is 0. The van der Waals surface area contributed by atoms with Crippen molar-refractivity contribution in [1.82, 2.24) is 9.78 Å². The summed E-state index contributed by atoms with van der Waals surface area (Å²) >= 11 is 0. The van der Waals surface area contributed by atoms with Crippen molar-refractivity contribution in [1.29, 1.82) is 0 Å². The van der Waals surface area contributed by atoms with Crippen LogP contribution in [-0.4, -0.2) is 15.8 Å². The van der Waals surface area contributed by atoms with Gasteiger partial charge in [0.2, 0.25) is 0 Å². The van der Waals surface area contributed by atoms with Gasteiger partial charge in [0.15, 0.2) is 0 Å². The van der Waals surface area contributed by atoms with Crippen molar-refractivity contribution in [3.05, 3.63) is 17.5 Å². The molecule has 0 aliphatic carbocycles. The van der Waals surface area contributed by atoms with Gasteiger partial charge in [0.25, 0.3) is 0 Å². The van der Waals surface area contributed by atoms with E-state index >= 15 is 0 Å². The zero-order valence-electron chi connectivity index (χ0n) is 8.04. The molecule has 3 heteroatoms. The quantitative estimate of drug-likeness (QED) is 0.726. The van der Waals surface area contributed by atoms with Gasteiger partial charge in [-0.1, -0.05) is 6.92 Å². The molecular formula is C9H17N3. The molecule has 12 heavy (non-hydrogen) atoms. The lowest BCUT2D eigenvalue weighted by molar-refractivity contribution is 0.646. The van der Waals surface area contributed by atoms with Crippen molar-refractivity contribution in [3.8, 4) is 0 Å². The minimum atomic E-state index is 0.213. The average molecular weight is 167 g/mol. The Bertz CT molecular complexity index is 250. The smallest absolute Gasteiger partial charge is 0.0624 e. The predicted molar refractivity (Wildman–Crippen MR) is 49.9 cm³/mol. The van der Waals surface area contributed by atoms with Crippen LogP contribution in [0, 0.1) is 0 Å². The average Bonchev–Trinajstić information content (AvgIpc) is 2.31. The molecular weight excluding hydrogens is 150 g/mol. The molecule has 1 rings (SSSR count). The lowest BCUT2D eigenvalue weighted by atomic mass is 10.2. The van der Waals surface area contributed by atoms with E-state index in [-0.39, 0.29) is 6.04 Å². The minimum Gasteiger partial charge on any atom is -0.328 e. The summed E-state index contributed by atoms with van der Waals surface area (Å²) in [6.45, 7) is 4.12. The number of aromatic nitrogens is 2. The fourth-order valence-electron chi connectivity index (χ4n) is 1.27. The molecule has 2 N–H and O–H groups in total. The molecule has 0 radical (unpaired) electrons. The number of hydrogen-bond acceptors (Lipinski definition) is 2. The van der Waals surface area contributed by atoms with Crippen LogP contribution in [0.5, 0.6) is 0 Å². The maximum absolute atomic E-state index is 5.70. The molecule has 1 unspecified atom stereocenters. The topological polar surface area (TPSA) is 43.8 Å². The third kappa shape index (κ3) is 2.08. The third-order valence-corrected chi connectivity index (χ3v) is 1.92. The van der Waals surface area contributed by atoms with E-state index in [4.69, 9.17) is 5.73 Å². The summed E-state index contributed by atoms with van der Waals surface area (Å²) in [6, 6.07) is 2.34. The molecule has 1 aromatic heterocycles. The lowest BCUT2D eigenvalue weighted by Crippen LogP contribution is -2.19. The highest BCUT2D eigenvalue weighted by atomic mass is 15.3. The number of hydrogen-bond donors (Lipinski definition) is 1. The second kappa shape index (κ2) is 3.72. The molecule has 0 bridgehead atoms. The first kappa shape index (κ1) is 9.26. The van der Waals surface area contributed by atoms with Gasteiger partial charge in [-0.05, 0) is 19.4 Å². The maximum atomic E-state index is 5.70. The van der Waals surface area contributed by atoms with Crippen molar-refractivity contribution in [2.45, 2.75) is 32.7 Å². The Balaban J connectivity index is 2.77. The van der Waals surface area contributed by atoms with Gasteiger partial charge in [-0.2, -0.15) is 5.10 Å². The van der Waals surface area contributed by atoms with E-state index in [1.54, 1.807) is 0 Å². The van der Waals surface area contributed by atoms with Crippen molar-refractivity contribution >= 4 is 0 Å². The highest BCUT2D eigenvalue weighted by Gasteiger charge is 2.05. The summed E-state index contributed by atoms with van der Waals surface area (Å²) in [5.74, 6) is 0. The van der Waals surface area contributed by atoms with E-state index in [9.17, 15) is 0 Å². The van der Waals surface area contributed by atoms with E-state index in [2.05, 4.69) is 18.1 Å². The number of nitrogens with two attached hydrogens (primary N) is 1. The molecule has 0 spiro atoms. The van der Waals surface area contributed by atoms with Crippen LogP contribution in [0.4, 0.5) is 0 Å². The van der Waals surface area contributed by atoms with Crippen molar-refractivity contribution in [2.75, 3.05) is 0 Å². The summed E-state index contributed by atoms with van der Waals surface area (Å²) in [5.41, 5.74) is 8.07. The van der Waals surface area contributed by atoms with E-state index in [1.165, 1.54) is 5.69 Å². The van der Waals surface area contributed by atoms with Gasteiger partial charge in [0.1, 0.15) is 0 Å². The van der Waals surface area contributed by atoms with Crippen molar-refractivity contribution < 1.29 is 0 Å². The molecule has 1 heterocycles. The molecule has 1 aromatic rings. The molecule has 0 aromatic carbocycles. The standard InChI is InChI=1S/C9H17N3/c1-4-8-6-9(5-7(2)10)12(3)11-8/h6-7H,4-5,10H2,1-3H3. The second-order valence-corrected chi connectivity index (χ2v) is 3.29. The normalized spacial score (nSPS) is 13.3. The predicted octanol–water partition coefficient (Wildman–Crippen LogP) is 0.872. The van der Waals surface area contributed by atoms with E-state index in [0.717, 1.165) is 18.5 Å². The molecule has 0 aliphatic heterocycles. The summed E-state index contributed by atoms with van der Waals surface area (Å²) in [5, 5.41) is 4.34. The van der Waals surface area contributed by atoms with E-state index in [1.807, 2.05) is 18.7 Å². The van der Waals surface area contributed by atoms with Crippen LogP contribution in [0.2, 0.25) is 0 Å². The van der Waals surface area contributed by atoms with Gasteiger partial charge in [0, 0.05) is 25.2 Å². The van der Waals surface area contributed by atoms with Crippen LogP contribution >= 0.6 is 0 Å². The molecule has 0 fully saturated rings. The van der Waals surface area contributed by atoms with Gasteiger partial charge in [-0.25, -0.2) is 0 Å². The fraction of sp³-hybridized carbons (Fsp3) is 0.667. The minimum absolute atomic E-state index is 0.213. The largest absolute Gasteiger partial charge is 0.328 e. The van der Waals surface area contributed by atoms with Crippen LogP contribution in [0.3, 0.4) is 0 Å². The van der Waals surface area contributed by atoms with E-state index < -0.39 is 0 Å². The van der Waals surface area contributed by atoms with Gasteiger partial charge in [-0.3, -0.25) is 4.68 Å². The van der Waals surface area contributed by atoms with Crippen LogP contribution in [0.1, 0.15) is 25.2 Å². The Hall–Kier alpha value is -0.830. The second-order valence-electron chi connectivity index (χ2n) is 3.29. The van der Waals surface area contributed by atoms with Gasteiger partial charge >= 0.3 is 0 Å². The van der Waals surface area contributed by atoms with Crippen LogP contribution in [0.25, 0.3) is 0 Å². The molecule has 0 amide bonds. The first-order valence-electron chi connectivity index (χ1n) is 4.40. The van der Waals surface area contributed by atoms with Gasteiger partial charge < -0.3 is 5.73 Å². The Morgan fingerprint density at radius 1 is 1.67 bits per heavy atom. The number of nitrogens with zero attached hydrogens (tertiary/aromatic N) is 2. The van der Waals surface area contributed by atoms with E-state index in [0.29, 0.717) is 0 Å². The first-order valence-corrected chi connectivity index (χ1v) is 4.40. The SMILES string of the molecule is CCc1cc(CC(C)N)n(C)n1. The number of rotatable bonds is 3. The third-order valence-electron chi connectivity index (χ3n) is 1.92. The summed E-state index contributed by atoms with van der Waals surface area (Å²) in [6.07, 6.45) is 1.90. The molecule has 0 aliphatic rings. The fourth-order valence-corrected chi connectivity index (χ4v) is 1.27. The Morgan fingerprint density at radius 3 is 2.75 bits per heavy atom.